The maximum absolute atomic E-state index is 15.2. The molecule has 0 radical (unpaired) electrons. The highest BCUT2D eigenvalue weighted by molar-refractivity contribution is 5.99. The highest BCUT2D eigenvalue weighted by atomic mass is 16.5. The number of carboxylic acids is 3. The van der Waals surface area contributed by atoms with Crippen LogP contribution in [0.15, 0.2) is 73.3 Å². The molecule has 380 valence electrons. The fourth-order valence-corrected chi connectivity index (χ4v) is 9.47. The van der Waals surface area contributed by atoms with Gasteiger partial charge < -0.3 is 51.5 Å². The van der Waals surface area contributed by atoms with Crippen molar-refractivity contribution in [3.05, 3.63) is 73.3 Å². The number of nitrogens with one attached hydrogen (secondary N) is 5. The molecule has 6 rings (SSSR count). The van der Waals surface area contributed by atoms with Crippen LogP contribution < -0.4 is 31.3 Å². The van der Waals surface area contributed by atoms with Gasteiger partial charge >= 0.3 is 17.9 Å². The number of carbonyl (C=O) groups is 9. The number of hydrogen-bond donors (Lipinski definition) is 8. The van der Waals surface area contributed by atoms with Crippen molar-refractivity contribution in [1.29, 1.82) is 0 Å². The van der Waals surface area contributed by atoms with Gasteiger partial charge in [0.05, 0.1) is 24.2 Å². The smallest absolute Gasteiger partial charge is 0.330 e. The Bertz CT molecular complexity index is 2530. The lowest BCUT2D eigenvalue weighted by Crippen LogP contribution is -2.63. The summed E-state index contributed by atoms with van der Waals surface area (Å²) in [4.78, 5) is 126. The first-order valence-electron chi connectivity index (χ1n) is 23.8. The zero-order chi connectivity index (χ0) is 51.8. The number of carbonyl (C=O) groups excluding carboxylic acids is 6. The predicted molar refractivity (Wildman–Crippen MR) is 257 cm³/mol. The second-order valence-corrected chi connectivity index (χ2v) is 19.7. The average Bonchev–Trinajstić information content (AvgIpc) is 3.89. The summed E-state index contributed by atoms with van der Waals surface area (Å²) in [6, 6.07) is 11.4. The van der Waals surface area contributed by atoms with Gasteiger partial charge in [0, 0.05) is 42.7 Å². The maximum atomic E-state index is 15.2. The van der Waals surface area contributed by atoms with E-state index in [-0.39, 0.29) is 19.4 Å². The van der Waals surface area contributed by atoms with Crippen LogP contribution >= 0.6 is 0 Å². The van der Waals surface area contributed by atoms with Crippen molar-refractivity contribution in [2.24, 2.45) is 17.3 Å². The number of benzene rings is 2. The molecule has 8 N–H and O–H groups in total. The molecule has 20 nitrogen and oxygen atoms in total. The summed E-state index contributed by atoms with van der Waals surface area (Å²) < 4.78 is 6.69. The molecule has 0 spiro atoms. The maximum Gasteiger partial charge on any atom is 0.330 e. The second kappa shape index (κ2) is 22.6. The largest absolute Gasteiger partial charge is 0.488 e. The number of aliphatic carboxylic acids is 3. The number of ether oxygens (including phenoxy) is 1. The lowest BCUT2D eigenvalue weighted by atomic mass is 9.82. The van der Waals surface area contributed by atoms with Crippen molar-refractivity contribution in [2.75, 3.05) is 6.54 Å². The van der Waals surface area contributed by atoms with Crippen molar-refractivity contribution in [3.8, 4) is 17.0 Å². The summed E-state index contributed by atoms with van der Waals surface area (Å²) in [5, 5.41) is 42.7. The molecule has 3 fully saturated rings. The minimum Gasteiger partial charge on any atom is -0.488 e. The molecule has 1 saturated heterocycles. The third-order valence-electron chi connectivity index (χ3n) is 13.4. The van der Waals surface area contributed by atoms with Crippen LogP contribution in [0.1, 0.15) is 91.9 Å². The Morgan fingerprint density at radius 1 is 0.845 bits per heavy atom. The summed E-state index contributed by atoms with van der Waals surface area (Å²) in [5.41, 5.74) is -0.612. The van der Waals surface area contributed by atoms with Gasteiger partial charge in [0.2, 0.25) is 35.4 Å². The Kier molecular flexibility index (Phi) is 16.8. The van der Waals surface area contributed by atoms with Crippen molar-refractivity contribution in [1.82, 2.24) is 36.5 Å². The minimum absolute atomic E-state index is 0.0619. The van der Waals surface area contributed by atoms with Gasteiger partial charge in [-0.1, -0.05) is 88.6 Å². The average molecular weight is 982 g/mol. The third-order valence-corrected chi connectivity index (χ3v) is 13.4. The molecule has 6 amide bonds. The summed E-state index contributed by atoms with van der Waals surface area (Å²) in [6.07, 6.45) is 2.00. The molecule has 3 aromatic rings. The molecule has 2 aromatic carbocycles. The Morgan fingerprint density at radius 2 is 1.51 bits per heavy atom. The highest BCUT2D eigenvalue weighted by Gasteiger charge is 2.61. The van der Waals surface area contributed by atoms with E-state index in [0.717, 1.165) is 18.9 Å². The second-order valence-electron chi connectivity index (χ2n) is 19.7. The van der Waals surface area contributed by atoms with E-state index in [1.165, 1.54) is 11.0 Å². The van der Waals surface area contributed by atoms with Crippen molar-refractivity contribution in [3.63, 3.8) is 0 Å². The molecule has 2 aliphatic carbocycles. The number of carboxylic acid groups (broad SMARTS) is 3. The standard InChI is InChI=1S/C51H63N7O13/c1-6-31-26-51(31,49(69)70)57-46(66)38-23-32(71-39-24-36(29-15-9-7-10-16-29)53-34-20-14-13-19-33(34)39)27-58(38)48(68)43(50(3,4)5)56-47(67)42(30-17-11-8-12-18-30)55-44(64)35(21-22-40(60)61)54-45(65)37(25-41(62)63)52-28(2)59/h6-7,9-10,13-16,19-20,24,30-32,35,37-38,42-43H,1,8,11-12,17-18,21-23,25-27H2,2-5H3,(H,52,59)(H,54,65)(H,55,64)(H,56,67)(H,57,66)(H,60,61)(H,62,63)(H,69,70)/t31?,32-,35-,37+,38?,42+,43-,51-/m1/s1. The monoisotopic (exact) mass is 981 g/mol. The fraction of sp³-hybridized carbons (Fsp3) is 0.490. The normalized spacial score (nSPS) is 21.6. The SMILES string of the molecule is C=CC1C[C@]1(NC(=O)C1C[C@@H](Oc2cc(-c3ccccc3)nc3ccccc23)CN1C(=O)[C@@H](NC(=O)[C@@H](NC(=O)[C@@H](CCC(=O)O)NC(=O)[C@H](CC(=O)O)NC(C)=O)C1CCCCC1)C(C)(C)C)C(=O)O. The number of likely N-dealkylation sites (tertiary alicyclic amines) is 1. The molecule has 3 aliphatic rings. The number of hydrogen-bond acceptors (Lipinski definition) is 11. The summed E-state index contributed by atoms with van der Waals surface area (Å²) in [7, 11) is 0. The van der Waals surface area contributed by atoms with Crippen LogP contribution in [0.3, 0.4) is 0 Å². The highest BCUT2D eigenvalue weighted by Crippen LogP contribution is 2.45. The zero-order valence-electron chi connectivity index (χ0n) is 40.3. The van der Waals surface area contributed by atoms with Gasteiger partial charge in [0.15, 0.2) is 0 Å². The molecule has 0 bridgehead atoms. The molecule has 20 heteroatoms. The van der Waals surface area contributed by atoms with Gasteiger partial charge in [-0.2, -0.15) is 0 Å². The fourth-order valence-electron chi connectivity index (χ4n) is 9.47. The molecule has 71 heavy (non-hydrogen) atoms. The van der Waals surface area contributed by atoms with E-state index in [0.29, 0.717) is 48.0 Å². The summed E-state index contributed by atoms with van der Waals surface area (Å²) in [6.45, 7) is 9.75. The number of fused-ring (bicyclic) bond motifs is 1. The van der Waals surface area contributed by atoms with E-state index >= 15 is 4.79 Å². The van der Waals surface area contributed by atoms with Gasteiger partial charge in [-0.3, -0.25) is 38.4 Å². The Balaban J connectivity index is 1.31. The minimum atomic E-state index is -1.63. The van der Waals surface area contributed by atoms with E-state index in [2.05, 4.69) is 33.2 Å². The van der Waals surface area contributed by atoms with E-state index in [4.69, 9.17) is 9.72 Å². The molecule has 2 unspecified atom stereocenters. The van der Waals surface area contributed by atoms with Crippen molar-refractivity contribution in [2.45, 2.75) is 134 Å². The van der Waals surface area contributed by atoms with Crippen LogP contribution in [-0.4, -0.2) is 127 Å². The third kappa shape index (κ3) is 13.1. The van der Waals surface area contributed by atoms with E-state index < -0.39 is 132 Å². The van der Waals surface area contributed by atoms with Gasteiger partial charge in [-0.25, -0.2) is 9.78 Å². The van der Waals surface area contributed by atoms with Crippen molar-refractivity contribution < 1.29 is 63.2 Å². The number of nitrogens with zero attached hydrogens (tertiary/aromatic N) is 2. The van der Waals surface area contributed by atoms with E-state index in [1.54, 1.807) is 26.8 Å². The first kappa shape index (κ1) is 53.0. The number of aromatic nitrogens is 1. The van der Waals surface area contributed by atoms with Crippen LogP contribution in [0.25, 0.3) is 22.2 Å². The quantitative estimate of drug-likeness (QED) is 0.0711. The molecular weight excluding hydrogens is 919 g/mol. The topological polar surface area (TPSA) is 300 Å². The van der Waals surface area contributed by atoms with Crippen LogP contribution in [-0.2, 0) is 43.2 Å². The molecule has 2 saturated carbocycles. The van der Waals surface area contributed by atoms with Crippen LogP contribution in [0, 0.1) is 17.3 Å². The first-order valence-corrected chi connectivity index (χ1v) is 23.8. The molecule has 2 heterocycles. The van der Waals surface area contributed by atoms with Crippen molar-refractivity contribution >= 4 is 64.3 Å². The number of rotatable bonds is 21. The van der Waals surface area contributed by atoms with E-state index in [1.807, 2.05) is 54.6 Å². The van der Waals surface area contributed by atoms with Gasteiger partial charge in [0.1, 0.15) is 47.6 Å². The van der Waals surface area contributed by atoms with Gasteiger partial charge in [-0.05, 0) is 49.1 Å². The Labute approximate surface area is 410 Å². The number of pyridine rings is 1. The number of amides is 6. The van der Waals surface area contributed by atoms with Crippen LogP contribution in [0.5, 0.6) is 5.75 Å². The zero-order valence-corrected chi connectivity index (χ0v) is 40.3. The summed E-state index contributed by atoms with van der Waals surface area (Å²) in [5.74, 6) is -9.56. The Morgan fingerprint density at radius 3 is 2.11 bits per heavy atom. The lowest BCUT2D eigenvalue weighted by Gasteiger charge is -2.38. The molecule has 1 aliphatic heterocycles. The molecule has 8 atom stereocenters. The lowest BCUT2D eigenvalue weighted by molar-refractivity contribution is -0.147. The van der Waals surface area contributed by atoms with Gasteiger partial charge in [0.25, 0.3) is 0 Å². The van der Waals surface area contributed by atoms with Crippen LogP contribution in [0.2, 0.25) is 0 Å². The Hall–Kier alpha value is -7.38. The molecule has 1 aromatic heterocycles. The number of para-hydroxylation sites is 1. The van der Waals surface area contributed by atoms with Crippen LogP contribution in [0.4, 0.5) is 0 Å². The molecular formula is C51H63N7O13. The first-order chi connectivity index (χ1) is 33.6. The van der Waals surface area contributed by atoms with E-state index in [9.17, 15) is 53.7 Å². The summed E-state index contributed by atoms with van der Waals surface area (Å²) >= 11 is 0. The van der Waals surface area contributed by atoms with Gasteiger partial charge in [-0.15, -0.1) is 6.58 Å². The predicted octanol–water partition coefficient (Wildman–Crippen LogP) is 3.32.